The Morgan fingerprint density at radius 2 is 1.64 bits per heavy atom. The molecule has 1 aliphatic rings. The quantitative estimate of drug-likeness (QED) is 0.446. The number of carboxylic acid groups (broad SMARTS) is 1. The van der Waals surface area contributed by atoms with Gasteiger partial charge in [-0.1, -0.05) is 25.1 Å². The number of amides is 1. The van der Waals surface area contributed by atoms with Crippen LogP contribution in [0.2, 0.25) is 0 Å². The number of hydrogen-bond donors (Lipinski definition) is 1. The minimum absolute atomic E-state index is 0.00525. The van der Waals surface area contributed by atoms with Gasteiger partial charge in [0, 0.05) is 36.8 Å². The summed E-state index contributed by atoms with van der Waals surface area (Å²) in [5, 5.41) is 14.5. The topological polar surface area (TPSA) is 105 Å². The van der Waals surface area contributed by atoms with Crippen LogP contribution in [0, 0.1) is 11.8 Å². The predicted octanol–water partition coefficient (Wildman–Crippen LogP) is 5.40. The van der Waals surface area contributed by atoms with Gasteiger partial charge in [0.25, 0.3) is 0 Å². The van der Waals surface area contributed by atoms with Crippen LogP contribution in [-0.2, 0) is 4.79 Å². The number of nitrogens with zero attached hydrogens (tertiary/aromatic N) is 4. The molecule has 8 nitrogen and oxygen atoms in total. The van der Waals surface area contributed by atoms with E-state index in [-0.39, 0.29) is 35.0 Å². The van der Waals surface area contributed by atoms with Crippen LogP contribution in [0.1, 0.15) is 74.2 Å². The number of pyridine rings is 1. The Hall–Kier alpha value is -3.81. The first kappa shape index (κ1) is 25.3. The number of aromatic carboxylic acids is 1. The standard InChI is InChI=1S/C28H32N4O4/c1-17(2)32(27(34)21-7-5-18(3)6-8-21)26-24(28(35)36)16-31(30-26)23-12-9-20(10-13-23)22-11-14-25(19(4)33)29-15-22/h9-18,21H,5-8H2,1-4H3,(H,35,36)/t18-,21-. The van der Waals surface area contributed by atoms with E-state index in [0.29, 0.717) is 17.3 Å². The normalized spacial score (nSPS) is 17.7. The highest BCUT2D eigenvalue weighted by Gasteiger charge is 2.34. The number of carbonyl (C=O) groups excluding carboxylic acids is 2. The van der Waals surface area contributed by atoms with Gasteiger partial charge >= 0.3 is 5.97 Å². The van der Waals surface area contributed by atoms with Gasteiger partial charge in [-0.3, -0.25) is 19.5 Å². The second kappa shape index (κ2) is 10.4. The van der Waals surface area contributed by atoms with E-state index in [4.69, 9.17) is 0 Å². The van der Waals surface area contributed by atoms with Crippen molar-refractivity contribution >= 4 is 23.5 Å². The number of carboxylic acids is 1. The Morgan fingerprint density at radius 1 is 1.00 bits per heavy atom. The minimum Gasteiger partial charge on any atom is -0.477 e. The fourth-order valence-electron chi connectivity index (χ4n) is 4.71. The zero-order valence-electron chi connectivity index (χ0n) is 21.1. The van der Waals surface area contributed by atoms with Gasteiger partial charge in [-0.05, 0) is 69.2 Å². The molecule has 4 rings (SSSR count). The summed E-state index contributed by atoms with van der Waals surface area (Å²) < 4.78 is 1.51. The van der Waals surface area contributed by atoms with Gasteiger partial charge in [0.1, 0.15) is 11.3 Å². The first-order valence-electron chi connectivity index (χ1n) is 12.4. The number of rotatable bonds is 7. The first-order chi connectivity index (χ1) is 17.2. The van der Waals surface area contributed by atoms with Crippen molar-refractivity contribution < 1.29 is 19.5 Å². The van der Waals surface area contributed by atoms with Crippen LogP contribution < -0.4 is 4.90 Å². The maximum absolute atomic E-state index is 13.5. The molecule has 188 valence electrons. The summed E-state index contributed by atoms with van der Waals surface area (Å²) in [7, 11) is 0. The molecule has 0 spiro atoms. The second-order valence-corrected chi connectivity index (χ2v) is 9.91. The Balaban J connectivity index is 1.64. The largest absolute Gasteiger partial charge is 0.477 e. The van der Waals surface area contributed by atoms with Crippen LogP contribution in [0.4, 0.5) is 5.82 Å². The van der Waals surface area contributed by atoms with Crippen molar-refractivity contribution in [3.05, 3.63) is 60.0 Å². The number of aromatic nitrogens is 3. The fourth-order valence-corrected chi connectivity index (χ4v) is 4.71. The Morgan fingerprint density at radius 3 is 2.17 bits per heavy atom. The molecule has 36 heavy (non-hydrogen) atoms. The van der Waals surface area contributed by atoms with Crippen LogP contribution in [0.15, 0.2) is 48.8 Å². The monoisotopic (exact) mass is 488 g/mol. The molecule has 2 aromatic heterocycles. The summed E-state index contributed by atoms with van der Waals surface area (Å²) in [4.78, 5) is 42.8. The van der Waals surface area contributed by atoms with Crippen LogP contribution >= 0.6 is 0 Å². The maximum atomic E-state index is 13.5. The maximum Gasteiger partial charge on any atom is 0.341 e. The zero-order valence-corrected chi connectivity index (χ0v) is 21.1. The van der Waals surface area contributed by atoms with Crippen LogP contribution in [0.3, 0.4) is 0 Å². The molecule has 2 heterocycles. The summed E-state index contributed by atoms with van der Waals surface area (Å²) in [5.74, 6) is -0.595. The van der Waals surface area contributed by atoms with Crippen molar-refractivity contribution in [2.75, 3.05) is 4.90 Å². The zero-order chi connectivity index (χ0) is 26.0. The molecular formula is C28H32N4O4. The number of Topliss-reactive ketones (excluding diaryl/α,β-unsaturated/α-hetero) is 1. The fraction of sp³-hybridized carbons (Fsp3) is 0.393. The van der Waals surface area contributed by atoms with Crippen LogP contribution in [0.25, 0.3) is 16.8 Å². The second-order valence-electron chi connectivity index (χ2n) is 9.91. The van der Waals surface area contributed by atoms with Crippen molar-refractivity contribution in [1.82, 2.24) is 14.8 Å². The van der Waals surface area contributed by atoms with E-state index in [1.807, 2.05) is 44.2 Å². The number of anilines is 1. The van der Waals surface area contributed by atoms with Gasteiger partial charge in [0.2, 0.25) is 5.91 Å². The molecule has 0 aliphatic heterocycles. The van der Waals surface area contributed by atoms with Gasteiger partial charge in [-0.25, -0.2) is 9.48 Å². The summed E-state index contributed by atoms with van der Waals surface area (Å²) >= 11 is 0. The highest BCUT2D eigenvalue weighted by Crippen LogP contribution is 2.33. The highest BCUT2D eigenvalue weighted by molar-refractivity contribution is 6.01. The van der Waals surface area contributed by atoms with Crippen LogP contribution in [0.5, 0.6) is 0 Å². The Labute approximate surface area is 211 Å². The van der Waals surface area contributed by atoms with Crippen molar-refractivity contribution in [2.45, 2.75) is 59.4 Å². The molecule has 0 radical (unpaired) electrons. The Kier molecular flexibility index (Phi) is 7.33. The molecule has 0 bridgehead atoms. The molecule has 0 atom stereocenters. The summed E-state index contributed by atoms with van der Waals surface area (Å²) in [5.41, 5.74) is 2.83. The third kappa shape index (κ3) is 5.22. The molecule has 1 aromatic carbocycles. The van der Waals surface area contributed by atoms with Crippen molar-refractivity contribution in [2.24, 2.45) is 11.8 Å². The van der Waals surface area contributed by atoms with Gasteiger partial charge in [0.05, 0.1) is 5.69 Å². The lowest BCUT2D eigenvalue weighted by atomic mass is 9.82. The van der Waals surface area contributed by atoms with Crippen molar-refractivity contribution in [1.29, 1.82) is 0 Å². The van der Waals surface area contributed by atoms with E-state index < -0.39 is 5.97 Å². The molecule has 3 aromatic rings. The molecule has 1 amide bonds. The summed E-state index contributed by atoms with van der Waals surface area (Å²) in [6, 6.07) is 10.7. The number of ketones is 1. The average Bonchev–Trinajstić information content (AvgIpc) is 3.29. The molecule has 8 heteroatoms. The van der Waals surface area contributed by atoms with Crippen LogP contribution in [-0.4, -0.2) is 43.6 Å². The van der Waals surface area contributed by atoms with Crippen molar-refractivity contribution in [3.8, 4) is 16.8 Å². The van der Waals surface area contributed by atoms with Gasteiger partial charge in [-0.2, -0.15) is 0 Å². The average molecular weight is 489 g/mol. The minimum atomic E-state index is -1.12. The SMILES string of the molecule is CC(=O)c1ccc(-c2ccc(-n3cc(C(=O)O)c(N(C(=O)[C@H]4CC[C@H](C)CC4)C(C)C)n3)cc2)cn1. The lowest BCUT2D eigenvalue weighted by Crippen LogP contribution is -2.43. The lowest BCUT2D eigenvalue weighted by Gasteiger charge is -2.32. The number of benzene rings is 1. The van der Waals surface area contributed by atoms with Gasteiger partial charge < -0.3 is 5.11 Å². The third-order valence-electron chi connectivity index (χ3n) is 6.86. The molecule has 0 saturated heterocycles. The Bertz CT molecular complexity index is 1250. The molecule has 1 saturated carbocycles. The van der Waals surface area contributed by atoms with E-state index in [0.717, 1.165) is 36.8 Å². The molecule has 0 unspecified atom stereocenters. The first-order valence-corrected chi connectivity index (χ1v) is 12.4. The van der Waals surface area contributed by atoms with E-state index >= 15 is 0 Å². The highest BCUT2D eigenvalue weighted by atomic mass is 16.4. The molecule has 1 N–H and O–H groups in total. The molecule has 1 fully saturated rings. The third-order valence-corrected chi connectivity index (χ3v) is 6.86. The van der Waals surface area contributed by atoms with E-state index in [9.17, 15) is 19.5 Å². The predicted molar refractivity (Wildman–Crippen MR) is 138 cm³/mol. The van der Waals surface area contributed by atoms with Gasteiger partial charge in [0.15, 0.2) is 11.6 Å². The smallest absolute Gasteiger partial charge is 0.341 e. The molecule has 1 aliphatic carbocycles. The summed E-state index contributed by atoms with van der Waals surface area (Å²) in [6.45, 7) is 7.45. The van der Waals surface area contributed by atoms with Crippen molar-refractivity contribution in [3.63, 3.8) is 0 Å². The van der Waals surface area contributed by atoms with Gasteiger partial charge in [-0.15, -0.1) is 5.10 Å². The van der Waals surface area contributed by atoms with E-state index in [2.05, 4.69) is 17.0 Å². The number of carbonyl (C=O) groups is 3. The number of hydrogen-bond acceptors (Lipinski definition) is 5. The summed E-state index contributed by atoms with van der Waals surface area (Å²) in [6.07, 6.45) is 6.75. The lowest BCUT2D eigenvalue weighted by molar-refractivity contribution is -0.124. The van der Waals surface area contributed by atoms with E-state index in [1.165, 1.54) is 17.8 Å². The van der Waals surface area contributed by atoms with E-state index in [1.54, 1.807) is 17.2 Å². The molecular weight excluding hydrogens is 456 g/mol.